The van der Waals surface area contributed by atoms with Crippen molar-refractivity contribution < 1.29 is 97.3 Å². The summed E-state index contributed by atoms with van der Waals surface area (Å²) in [6.07, 6.45) is 1.47. The van der Waals surface area contributed by atoms with Gasteiger partial charge in [-0.15, -0.1) is 20.5 Å². The number of nitrogen functional groups attached to an aromatic ring is 4. The topological polar surface area (TPSA) is 698 Å². The fraction of sp³-hybridized carbons (Fsp3) is 0. The SMILES string of the molecule is Nc1c(N=Nc2ccc([N+](=O)[O-])cc2)c(S(=O)(=O)O)cc2c1C(=O)/C(=N\Nc1ccc(-c3ccc(N=Nc4ccc(N)c5cc(S(=O)(=O)O)ccc45)cc3)cc1)C(S(=O)(=O)O)=C2.Nc1c(N=Nc2ccc([N+](=O)[O-])cc2)c(S(=O)(=O)O)cc2c1C(=O)/C(=N\Nc1ccc(-c3ccc(N=Nc4ccc(N)c5ccc(S(=O)(=O)O)cc45)cc3)cc1)C(S(=O)(=O)O)=C2. The molecule has 0 spiro atoms. The maximum atomic E-state index is 13.9. The summed E-state index contributed by atoms with van der Waals surface area (Å²) in [5.41, 5.74) is 28.5. The van der Waals surface area contributed by atoms with Crippen LogP contribution in [0.25, 0.3) is 56.0 Å². The number of hydrogen-bond donors (Lipinski definition) is 12. The van der Waals surface area contributed by atoms with E-state index in [1.807, 2.05) is 0 Å². The van der Waals surface area contributed by atoms with Crippen LogP contribution >= 0.6 is 0 Å². The lowest BCUT2D eigenvalue weighted by molar-refractivity contribution is -0.385. The largest absolute Gasteiger partial charge is 0.398 e. The minimum atomic E-state index is -5.19. The van der Waals surface area contributed by atoms with Gasteiger partial charge in [0, 0.05) is 57.2 Å². The van der Waals surface area contributed by atoms with E-state index in [9.17, 15) is 108 Å². The number of benzene rings is 12. The highest BCUT2D eigenvalue weighted by molar-refractivity contribution is 7.91. The van der Waals surface area contributed by atoms with E-state index in [1.165, 1.54) is 66.7 Å². The Bertz CT molecular complexity index is 7580. The van der Waals surface area contributed by atoms with Gasteiger partial charge in [0.2, 0.25) is 11.6 Å². The van der Waals surface area contributed by atoms with Gasteiger partial charge >= 0.3 is 0 Å². The number of fused-ring (bicyclic) bond motifs is 4. The van der Waals surface area contributed by atoms with E-state index in [4.69, 9.17) is 22.9 Å². The Hall–Kier alpha value is -15.2. The van der Waals surface area contributed by atoms with Gasteiger partial charge in [0.05, 0.1) is 87.6 Å². The molecule has 42 nitrogen and oxygen atoms in total. The molecule has 12 aromatic rings. The van der Waals surface area contributed by atoms with Crippen molar-refractivity contribution >= 4 is 208 Å². The van der Waals surface area contributed by atoms with Crippen molar-refractivity contribution in [2.75, 3.05) is 33.8 Å². The van der Waals surface area contributed by atoms with Crippen LogP contribution < -0.4 is 33.8 Å². The number of rotatable bonds is 22. The van der Waals surface area contributed by atoms with E-state index in [0.717, 1.165) is 47.5 Å². The van der Waals surface area contributed by atoms with Crippen LogP contribution in [-0.2, 0) is 60.7 Å². The second kappa shape index (κ2) is 33.8. The number of anilines is 6. The van der Waals surface area contributed by atoms with Gasteiger partial charge in [-0.25, -0.2) is 0 Å². The van der Waals surface area contributed by atoms with Crippen LogP contribution in [0.2, 0.25) is 0 Å². The van der Waals surface area contributed by atoms with Crippen LogP contribution in [0.15, 0.2) is 299 Å². The van der Waals surface area contributed by atoms with Gasteiger partial charge < -0.3 is 22.9 Å². The van der Waals surface area contributed by atoms with Crippen LogP contribution in [0.1, 0.15) is 31.8 Å². The van der Waals surface area contributed by atoms with Gasteiger partial charge in [-0.05, 0) is 179 Å². The van der Waals surface area contributed by atoms with Crippen molar-refractivity contribution in [3.05, 3.63) is 271 Å². The molecule has 0 atom stereocenters. The smallest absolute Gasteiger partial charge is 0.296 e. The molecule has 0 bridgehead atoms. The molecule has 0 saturated carbocycles. The Labute approximate surface area is 698 Å². The van der Waals surface area contributed by atoms with E-state index in [2.05, 4.69) is 62.0 Å². The van der Waals surface area contributed by atoms with Crippen LogP contribution in [0.3, 0.4) is 0 Å². The van der Waals surface area contributed by atoms with E-state index in [0.29, 0.717) is 73.2 Å². The standard InChI is InChI=1S/2C38H27N9O12S3/c39-30-15-16-31(28-14-13-27(19-29(28)30)60(51,52)53)44-41-23-5-1-20(2-6-23)21-3-7-24(8-4-21)43-46-37-33(62(57,58)59)18-22-17-32(61(54,55)56)36(35(40)34(22)38(37)48)45-42-25-9-11-26(12-10-25)47(49)50;39-30-15-16-31(29-19-27(60(51,52)53)13-14-28(29)30)44-41-23-5-1-20(2-6-23)21-3-7-24(8-4-21)43-46-37-33(62(57,58)59)18-22-17-32(61(54,55)56)36(35(40)34(22)38(37)48)45-42-25-9-11-26(12-10-25)47(49)50/h2*1-19,43H,39-40H2,(H,51,52,53)(H,54,55,56)(H,57,58,59)/b2*44-41?,45-42?,46-37-. The third-order valence-electron chi connectivity index (χ3n) is 18.3. The molecule has 14 rings (SSSR count). The Balaban J connectivity index is 0.000000213. The van der Waals surface area contributed by atoms with Gasteiger partial charge in [-0.3, -0.25) is 68.0 Å². The molecule has 0 amide bonds. The quantitative estimate of drug-likeness (QED) is 0.00985. The maximum absolute atomic E-state index is 13.9. The lowest BCUT2D eigenvalue weighted by atomic mass is 9.92. The van der Waals surface area contributed by atoms with E-state index < -0.39 is 158 Å². The van der Waals surface area contributed by atoms with Crippen molar-refractivity contribution in [3.8, 4) is 22.3 Å². The summed E-state index contributed by atoms with van der Waals surface area (Å²) < 4.78 is 205. The highest BCUT2D eigenvalue weighted by Crippen LogP contribution is 2.45. The highest BCUT2D eigenvalue weighted by atomic mass is 32.2. The first-order valence-corrected chi connectivity index (χ1v) is 43.2. The van der Waals surface area contributed by atoms with Crippen molar-refractivity contribution in [3.63, 3.8) is 0 Å². The van der Waals surface area contributed by atoms with Gasteiger partial charge in [-0.2, -0.15) is 81.2 Å². The minimum absolute atomic E-state index is 0.00117. The summed E-state index contributed by atoms with van der Waals surface area (Å²) >= 11 is 0. The average molecular weight is 1800 g/mol. The molecular weight excluding hydrogens is 1740 g/mol. The summed E-state index contributed by atoms with van der Waals surface area (Å²) in [7, 11) is -29.6. The predicted molar refractivity (Wildman–Crippen MR) is 454 cm³/mol. The number of hydrogen-bond acceptors (Lipinski definition) is 34. The second-order valence-corrected chi connectivity index (χ2v) is 34.6. The number of carbonyl (C=O) groups is 2. The fourth-order valence-electron chi connectivity index (χ4n) is 12.2. The number of nitro benzene ring substituents is 2. The van der Waals surface area contributed by atoms with E-state index >= 15 is 0 Å². The maximum Gasteiger partial charge on any atom is 0.296 e. The van der Waals surface area contributed by atoms with Gasteiger partial charge in [0.15, 0.2) is 11.4 Å². The fourth-order valence-corrected chi connectivity index (χ4v) is 15.9. The van der Waals surface area contributed by atoms with Crippen LogP contribution in [0, 0.1) is 20.2 Å². The number of nitrogens with zero attached hydrogens (tertiary/aromatic N) is 12. The molecule has 16 N–H and O–H groups in total. The zero-order chi connectivity index (χ0) is 89.4. The summed E-state index contributed by atoms with van der Waals surface area (Å²) in [5, 5.41) is 63.9. The number of ketones is 2. The zero-order valence-electron chi connectivity index (χ0n) is 62.1. The van der Waals surface area contributed by atoms with Gasteiger partial charge in [0.25, 0.3) is 72.1 Å². The Morgan fingerprint density at radius 1 is 0.323 bits per heavy atom. The molecule has 0 unspecified atom stereocenters. The van der Waals surface area contributed by atoms with Crippen molar-refractivity contribution in [1.29, 1.82) is 0 Å². The highest BCUT2D eigenvalue weighted by Gasteiger charge is 2.39. The molecule has 12 aromatic carbocycles. The molecule has 2 aliphatic carbocycles. The van der Waals surface area contributed by atoms with Crippen molar-refractivity contribution in [1.82, 2.24) is 0 Å². The molecule has 628 valence electrons. The Morgan fingerprint density at radius 3 is 0.976 bits per heavy atom. The minimum Gasteiger partial charge on any atom is -0.398 e. The molecule has 48 heteroatoms. The Kier molecular flexibility index (Phi) is 23.6. The predicted octanol–water partition coefficient (Wildman–Crippen LogP) is 15.6. The lowest BCUT2D eigenvalue weighted by Gasteiger charge is -2.20. The number of Topliss-reactive ketones (excluding diaryl/α,β-unsaturated/α-hetero) is 2. The molecule has 0 radical (unpaired) electrons. The molecule has 124 heavy (non-hydrogen) atoms. The molecule has 0 fully saturated rings. The number of azo groups is 4. The van der Waals surface area contributed by atoms with Gasteiger partial charge in [-0.1, -0.05) is 60.7 Å². The number of non-ortho nitro benzene ring substituents is 2. The summed E-state index contributed by atoms with van der Waals surface area (Å²) in [6, 6.07) is 51.3. The number of nitrogens with two attached hydrogens (primary N) is 4. The van der Waals surface area contributed by atoms with E-state index in [-0.39, 0.29) is 49.6 Å². The van der Waals surface area contributed by atoms with Crippen LogP contribution in [0.4, 0.5) is 91.0 Å². The third kappa shape index (κ3) is 19.0. The second-order valence-electron chi connectivity index (χ2n) is 26.2. The van der Waals surface area contributed by atoms with Crippen LogP contribution in [0.5, 0.6) is 0 Å². The molecule has 0 aliphatic heterocycles. The molecule has 0 heterocycles. The lowest BCUT2D eigenvalue weighted by Crippen LogP contribution is -2.28. The zero-order valence-corrected chi connectivity index (χ0v) is 67.0. The van der Waals surface area contributed by atoms with Crippen molar-refractivity contribution in [2.24, 2.45) is 51.1 Å². The monoisotopic (exact) mass is 1790 g/mol. The number of allylic oxidation sites excluding steroid dienone is 2. The summed E-state index contributed by atoms with van der Waals surface area (Å²) in [6.45, 7) is 0. The first-order chi connectivity index (χ1) is 58.4. The number of nitro groups is 2. The number of hydrazone groups is 2. The van der Waals surface area contributed by atoms with Crippen LogP contribution in [-0.4, -0.2) is 111 Å². The van der Waals surface area contributed by atoms with Gasteiger partial charge in [0.1, 0.15) is 31.0 Å². The number of nitrogens with one attached hydrogen (secondary N) is 2. The first-order valence-electron chi connectivity index (χ1n) is 34.6. The molecular formula is C76H54N18O24S6. The average Bonchev–Trinajstić information content (AvgIpc) is 0.740. The normalized spacial score (nSPS) is 14.1. The number of carbonyl (C=O) groups excluding carboxylic acids is 2. The first kappa shape index (κ1) is 86.6. The summed E-state index contributed by atoms with van der Waals surface area (Å²) in [5.74, 6) is -2.37. The third-order valence-corrected chi connectivity index (χ3v) is 23.4. The van der Waals surface area contributed by atoms with Crippen molar-refractivity contribution in [2.45, 2.75) is 19.6 Å². The summed E-state index contributed by atoms with van der Waals surface area (Å²) in [4.78, 5) is 43.7. The molecule has 0 aromatic heterocycles. The molecule has 2 aliphatic rings. The Morgan fingerprint density at radius 2 is 0.637 bits per heavy atom. The molecule has 0 saturated heterocycles. The van der Waals surface area contributed by atoms with E-state index in [1.54, 1.807) is 115 Å².